The van der Waals surface area contributed by atoms with E-state index in [1.807, 2.05) is 72.8 Å². The van der Waals surface area contributed by atoms with Crippen molar-refractivity contribution in [2.45, 2.75) is 45.3 Å². The minimum Gasteiger partial charge on any atom is -0.446 e. The maximum Gasteiger partial charge on any atom is 0.408 e. The van der Waals surface area contributed by atoms with Crippen LogP contribution in [-0.2, 0) is 11.2 Å². The number of anilines is 1. The number of aromatic nitrogens is 1. The Bertz CT molecular complexity index is 1310. The molecule has 3 aromatic carbocycles. The number of carbonyl (C=O) groups excluding carboxylic acids is 2. The SMILES string of the molecule is CC(C)(C)OC(=O)N[C@H](CCc1ccccc1)c1nc(C(=O)Nc2ccc3ccccc3c2)co1. The number of rotatable bonds is 7. The largest absolute Gasteiger partial charge is 0.446 e. The van der Waals surface area contributed by atoms with Crippen LogP contribution in [-0.4, -0.2) is 22.6 Å². The van der Waals surface area contributed by atoms with Crippen LogP contribution in [0, 0.1) is 0 Å². The second-order valence-electron chi connectivity index (χ2n) is 9.31. The summed E-state index contributed by atoms with van der Waals surface area (Å²) in [4.78, 5) is 29.7. The molecule has 180 valence electrons. The van der Waals surface area contributed by atoms with Gasteiger partial charge in [-0.05, 0) is 62.1 Å². The first-order chi connectivity index (χ1) is 16.8. The smallest absolute Gasteiger partial charge is 0.408 e. The maximum absolute atomic E-state index is 12.8. The number of aryl methyl sites for hydroxylation is 1. The van der Waals surface area contributed by atoms with Crippen LogP contribution in [0.3, 0.4) is 0 Å². The number of fused-ring (bicyclic) bond motifs is 1. The lowest BCUT2D eigenvalue weighted by Gasteiger charge is -2.22. The van der Waals surface area contributed by atoms with Crippen LogP contribution in [0.5, 0.6) is 0 Å². The van der Waals surface area contributed by atoms with Gasteiger partial charge in [-0.25, -0.2) is 9.78 Å². The topological polar surface area (TPSA) is 93.5 Å². The second kappa shape index (κ2) is 10.4. The fourth-order valence-corrected chi connectivity index (χ4v) is 3.68. The molecule has 0 spiro atoms. The highest BCUT2D eigenvalue weighted by atomic mass is 16.6. The average Bonchev–Trinajstić information content (AvgIpc) is 3.32. The fourth-order valence-electron chi connectivity index (χ4n) is 3.68. The monoisotopic (exact) mass is 471 g/mol. The fraction of sp³-hybridized carbons (Fsp3) is 0.250. The summed E-state index contributed by atoms with van der Waals surface area (Å²) in [6.45, 7) is 5.39. The van der Waals surface area contributed by atoms with Gasteiger partial charge in [0, 0.05) is 5.69 Å². The number of ether oxygens (including phenoxy) is 1. The third kappa shape index (κ3) is 6.69. The molecular formula is C28H29N3O4. The van der Waals surface area contributed by atoms with Crippen molar-refractivity contribution in [3.8, 4) is 0 Å². The lowest BCUT2D eigenvalue weighted by molar-refractivity contribution is 0.0492. The Balaban J connectivity index is 1.48. The van der Waals surface area contributed by atoms with Crippen LogP contribution in [0.4, 0.5) is 10.5 Å². The number of nitrogens with zero attached hydrogens (tertiary/aromatic N) is 1. The minimum atomic E-state index is -0.643. The summed E-state index contributed by atoms with van der Waals surface area (Å²) in [5, 5.41) is 7.80. The zero-order chi connectivity index (χ0) is 24.8. The van der Waals surface area contributed by atoms with Gasteiger partial charge in [0.15, 0.2) is 5.69 Å². The van der Waals surface area contributed by atoms with Gasteiger partial charge in [-0.3, -0.25) is 4.79 Å². The zero-order valence-electron chi connectivity index (χ0n) is 20.1. The summed E-state index contributed by atoms with van der Waals surface area (Å²) in [6.07, 6.45) is 1.94. The van der Waals surface area contributed by atoms with E-state index < -0.39 is 23.6 Å². The molecule has 0 saturated carbocycles. The van der Waals surface area contributed by atoms with Crippen molar-refractivity contribution in [2.24, 2.45) is 0 Å². The first kappa shape index (κ1) is 24.0. The van der Waals surface area contributed by atoms with E-state index in [-0.39, 0.29) is 11.6 Å². The van der Waals surface area contributed by atoms with Crippen molar-refractivity contribution >= 4 is 28.5 Å². The Morgan fingerprint density at radius 1 is 0.971 bits per heavy atom. The van der Waals surface area contributed by atoms with Crippen LogP contribution >= 0.6 is 0 Å². The van der Waals surface area contributed by atoms with Crippen LogP contribution in [0.15, 0.2) is 83.5 Å². The summed E-state index contributed by atoms with van der Waals surface area (Å²) in [6, 6.07) is 23.0. The van der Waals surface area contributed by atoms with Crippen molar-refractivity contribution < 1.29 is 18.7 Å². The quantitative estimate of drug-likeness (QED) is 0.331. The molecule has 1 atom stereocenters. The van der Waals surface area contributed by atoms with Crippen LogP contribution in [0.25, 0.3) is 10.8 Å². The molecule has 0 unspecified atom stereocenters. The summed E-state index contributed by atoms with van der Waals surface area (Å²) >= 11 is 0. The second-order valence-corrected chi connectivity index (χ2v) is 9.31. The normalized spacial score (nSPS) is 12.2. The van der Waals surface area contributed by atoms with Crippen molar-refractivity contribution in [3.63, 3.8) is 0 Å². The Labute approximate surface area is 204 Å². The molecule has 0 fully saturated rings. The van der Waals surface area contributed by atoms with E-state index in [1.54, 1.807) is 20.8 Å². The molecule has 0 bridgehead atoms. The highest BCUT2D eigenvalue weighted by molar-refractivity contribution is 6.03. The third-order valence-electron chi connectivity index (χ3n) is 5.32. The molecule has 1 heterocycles. The molecule has 0 aliphatic rings. The Morgan fingerprint density at radius 3 is 2.43 bits per heavy atom. The summed E-state index contributed by atoms with van der Waals surface area (Å²) in [7, 11) is 0. The predicted octanol–water partition coefficient (Wildman–Crippen LogP) is 6.28. The van der Waals surface area contributed by atoms with E-state index in [4.69, 9.17) is 9.15 Å². The van der Waals surface area contributed by atoms with Gasteiger partial charge in [-0.2, -0.15) is 0 Å². The highest BCUT2D eigenvalue weighted by Crippen LogP contribution is 2.22. The number of benzene rings is 3. The summed E-state index contributed by atoms with van der Waals surface area (Å²) in [5.41, 5.74) is 1.26. The average molecular weight is 472 g/mol. The van der Waals surface area contributed by atoms with E-state index in [0.717, 1.165) is 16.3 Å². The molecule has 4 aromatic rings. The number of hydrogen-bond donors (Lipinski definition) is 2. The molecule has 7 nitrogen and oxygen atoms in total. The van der Waals surface area contributed by atoms with Gasteiger partial charge in [-0.1, -0.05) is 60.7 Å². The molecule has 1 aromatic heterocycles. The Morgan fingerprint density at radius 2 is 1.69 bits per heavy atom. The minimum absolute atomic E-state index is 0.129. The van der Waals surface area contributed by atoms with E-state index in [9.17, 15) is 9.59 Å². The number of alkyl carbamates (subject to hydrolysis) is 1. The molecule has 4 rings (SSSR count). The Hall–Kier alpha value is -4.13. The lowest BCUT2D eigenvalue weighted by Crippen LogP contribution is -2.35. The number of hydrogen-bond acceptors (Lipinski definition) is 5. The summed E-state index contributed by atoms with van der Waals surface area (Å²) in [5.74, 6) is -0.148. The van der Waals surface area contributed by atoms with E-state index in [2.05, 4.69) is 15.6 Å². The van der Waals surface area contributed by atoms with Crippen LogP contribution in [0.1, 0.15) is 55.2 Å². The predicted molar refractivity (Wildman–Crippen MR) is 135 cm³/mol. The third-order valence-corrected chi connectivity index (χ3v) is 5.32. The number of oxazole rings is 1. The van der Waals surface area contributed by atoms with Gasteiger partial charge in [-0.15, -0.1) is 0 Å². The molecule has 2 N–H and O–H groups in total. The van der Waals surface area contributed by atoms with Gasteiger partial charge >= 0.3 is 6.09 Å². The maximum atomic E-state index is 12.8. The molecule has 35 heavy (non-hydrogen) atoms. The van der Waals surface area contributed by atoms with Gasteiger partial charge in [0.1, 0.15) is 17.9 Å². The molecule has 0 saturated heterocycles. The van der Waals surface area contributed by atoms with E-state index in [1.165, 1.54) is 6.26 Å². The number of amides is 2. The van der Waals surface area contributed by atoms with Gasteiger partial charge in [0.05, 0.1) is 0 Å². The van der Waals surface area contributed by atoms with E-state index >= 15 is 0 Å². The zero-order valence-corrected chi connectivity index (χ0v) is 20.1. The molecule has 0 aliphatic carbocycles. The van der Waals surface area contributed by atoms with Crippen molar-refractivity contribution in [3.05, 3.63) is 96.2 Å². The summed E-state index contributed by atoms with van der Waals surface area (Å²) < 4.78 is 11.0. The number of nitrogens with one attached hydrogen (secondary N) is 2. The first-order valence-corrected chi connectivity index (χ1v) is 11.6. The van der Waals surface area contributed by atoms with Crippen molar-refractivity contribution in [1.82, 2.24) is 10.3 Å². The molecular weight excluding hydrogens is 442 g/mol. The standard InChI is InChI=1S/C28H29N3O4/c1-28(2,3)35-27(33)31-23(16-13-19-9-5-4-6-10-19)26-30-24(18-34-26)25(32)29-22-15-14-20-11-7-8-12-21(20)17-22/h4-12,14-15,17-18,23H,13,16H2,1-3H3,(H,29,32)(H,31,33)/t23-/m1/s1. The Kier molecular flexibility index (Phi) is 7.15. The van der Waals surface area contributed by atoms with Gasteiger partial charge in [0.2, 0.25) is 5.89 Å². The molecule has 0 radical (unpaired) electrons. The van der Waals surface area contributed by atoms with Gasteiger partial charge in [0.25, 0.3) is 5.91 Å². The van der Waals surface area contributed by atoms with E-state index in [0.29, 0.717) is 18.5 Å². The lowest BCUT2D eigenvalue weighted by atomic mass is 10.1. The van der Waals surface area contributed by atoms with Gasteiger partial charge < -0.3 is 19.8 Å². The molecule has 0 aliphatic heterocycles. The van der Waals surface area contributed by atoms with Crippen molar-refractivity contribution in [2.75, 3.05) is 5.32 Å². The number of carbonyl (C=O) groups is 2. The first-order valence-electron chi connectivity index (χ1n) is 11.6. The van der Waals surface area contributed by atoms with Crippen LogP contribution < -0.4 is 10.6 Å². The van der Waals surface area contributed by atoms with Crippen LogP contribution in [0.2, 0.25) is 0 Å². The van der Waals surface area contributed by atoms with Crippen molar-refractivity contribution in [1.29, 1.82) is 0 Å². The molecule has 7 heteroatoms. The molecule has 2 amide bonds. The highest BCUT2D eigenvalue weighted by Gasteiger charge is 2.25.